The largest absolute Gasteiger partial charge is 0.432 e. The number of nitrogens with zero attached hydrogens (tertiary/aromatic N) is 2. The highest BCUT2D eigenvalue weighted by Crippen LogP contribution is 2.44. The van der Waals surface area contributed by atoms with Gasteiger partial charge in [0, 0.05) is 19.2 Å². The number of amides is 1. The second kappa shape index (κ2) is 5.59. The van der Waals surface area contributed by atoms with Crippen molar-refractivity contribution >= 4 is 5.91 Å². The zero-order valence-corrected chi connectivity index (χ0v) is 12.4. The molecule has 122 valence electrons. The summed E-state index contributed by atoms with van der Waals surface area (Å²) in [4.78, 5) is 13.9. The number of nitrogens with one attached hydrogen (secondary N) is 1. The Hall–Kier alpha value is -1.53. The van der Waals surface area contributed by atoms with E-state index in [0.717, 1.165) is 18.9 Å². The zero-order chi connectivity index (χ0) is 15.8. The highest BCUT2D eigenvalue weighted by atomic mass is 19.4. The first-order valence-corrected chi connectivity index (χ1v) is 7.82. The molecule has 1 aliphatic carbocycles. The minimum atomic E-state index is -4.50. The zero-order valence-electron chi connectivity index (χ0n) is 12.4. The van der Waals surface area contributed by atoms with Crippen molar-refractivity contribution < 1.29 is 18.0 Å². The van der Waals surface area contributed by atoms with Gasteiger partial charge in [0.05, 0.1) is 0 Å². The number of aromatic amines is 1. The normalized spacial score (nSPS) is 22.0. The maximum Gasteiger partial charge on any atom is 0.432 e. The molecule has 2 fully saturated rings. The number of H-pyrrole nitrogens is 1. The summed E-state index contributed by atoms with van der Waals surface area (Å²) in [5.41, 5.74) is -0.763. The van der Waals surface area contributed by atoms with Crippen LogP contribution in [-0.4, -0.2) is 34.1 Å². The third-order valence-corrected chi connectivity index (χ3v) is 5.13. The monoisotopic (exact) mass is 315 g/mol. The molecular weight excluding hydrogens is 295 g/mol. The third-order valence-electron chi connectivity index (χ3n) is 5.13. The van der Waals surface area contributed by atoms with E-state index < -0.39 is 17.8 Å². The van der Waals surface area contributed by atoms with Crippen LogP contribution in [0.2, 0.25) is 0 Å². The van der Waals surface area contributed by atoms with Gasteiger partial charge in [0.1, 0.15) is 5.69 Å². The summed E-state index contributed by atoms with van der Waals surface area (Å²) < 4.78 is 37.6. The Balaban J connectivity index is 1.63. The standard InChI is InChI=1S/C15H20F3N3O/c16-15(17,18)12-10-11(19-20-12)13(22)21-8-6-14(7-9-21)4-2-1-3-5-14/h10H,1-9H2,(H,19,20). The maximum absolute atomic E-state index is 12.5. The van der Waals surface area contributed by atoms with E-state index in [0.29, 0.717) is 18.5 Å². The molecule has 1 N–H and O–H groups in total. The van der Waals surface area contributed by atoms with Crippen LogP contribution >= 0.6 is 0 Å². The first-order chi connectivity index (χ1) is 10.4. The summed E-state index contributed by atoms with van der Waals surface area (Å²) in [6.45, 7) is 1.24. The van der Waals surface area contributed by atoms with Crippen LogP contribution in [0.1, 0.15) is 61.1 Å². The Morgan fingerprint density at radius 2 is 1.77 bits per heavy atom. The fourth-order valence-corrected chi connectivity index (χ4v) is 3.72. The van der Waals surface area contributed by atoms with Crippen LogP contribution in [-0.2, 0) is 6.18 Å². The molecule has 0 bridgehead atoms. The van der Waals surface area contributed by atoms with E-state index in [1.54, 1.807) is 4.90 Å². The smallest absolute Gasteiger partial charge is 0.337 e. The number of hydrogen-bond acceptors (Lipinski definition) is 2. The van der Waals surface area contributed by atoms with Crippen molar-refractivity contribution in [2.45, 2.75) is 51.1 Å². The van der Waals surface area contributed by atoms with Gasteiger partial charge in [-0.05, 0) is 31.1 Å². The molecule has 1 saturated heterocycles. The van der Waals surface area contributed by atoms with Gasteiger partial charge in [-0.15, -0.1) is 0 Å². The molecule has 1 spiro atoms. The van der Waals surface area contributed by atoms with Gasteiger partial charge in [-0.2, -0.15) is 18.3 Å². The van der Waals surface area contributed by atoms with Crippen LogP contribution < -0.4 is 0 Å². The first kappa shape index (κ1) is 15.4. The molecule has 7 heteroatoms. The average molecular weight is 315 g/mol. The Morgan fingerprint density at radius 1 is 1.14 bits per heavy atom. The number of halogens is 3. The van der Waals surface area contributed by atoms with Crippen LogP contribution in [0.4, 0.5) is 13.2 Å². The number of hydrogen-bond donors (Lipinski definition) is 1. The van der Waals surface area contributed by atoms with E-state index in [-0.39, 0.29) is 5.69 Å². The average Bonchev–Trinajstić information content (AvgIpc) is 2.98. The highest BCUT2D eigenvalue weighted by molar-refractivity contribution is 5.92. The molecule has 3 rings (SSSR count). The van der Waals surface area contributed by atoms with Gasteiger partial charge in [-0.1, -0.05) is 19.3 Å². The van der Waals surface area contributed by atoms with Crippen molar-refractivity contribution in [3.8, 4) is 0 Å². The van der Waals surface area contributed by atoms with E-state index >= 15 is 0 Å². The van der Waals surface area contributed by atoms with Crippen LogP contribution in [0.15, 0.2) is 6.07 Å². The summed E-state index contributed by atoms with van der Waals surface area (Å²) in [6.07, 6.45) is 3.64. The lowest BCUT2D eigenvalue weighted by Crippen LogP contribution is -2.44. The van der Waals surface area contributed by atoms with Crippen LogP contribution in [0.25, 0.3) is 0 Å². The van der Waals surface area contributed by atoms with Crippen molar-refractivity contribution in [3.05, 3.63) is 17.5 Å². The number of likely N-dealkylation sites (tertiary alicyclic amines) is 1. The van der Waals surface area contributed by atoms with E-state index in [1.807, 2.05) is 5.10 Å². The molecule has 4 nitrogen and oxygen atoms in total. The van der Waals surface area contributed by atoms with Crippen molar-refractivity contribution in [2.75, 3.05) is 13.1 Å². The molecule has 1 aromatic rings. The molecular formula is C15H20F3N3O. The predicted octanol–water partition coefficient (Wildman–Crippen LogP) is 3.62. The molecule has 0 aromatic carbocycles. The van der Waals surface area contributed by atoms with Gasteiger partial charge in [-0.25, -0.2) is 0 Å². The van der Waals surface area contributed by atoms with Crippen LogP contribution in [0, 0.1) is 5.41 Å². The Morgan fingerprint density at radius 3 is 2.32 bits per heavy atom. The highest BCUT2D eigenvalue weighted by Gasteiger charge is 2.38. The number of aromatic nitrogens is 2. The molecule has 0 unspecified atom stereocenters. The van der Waals surface area contributed by atoms with E-state index in [2.05, 4.69) is 5.10 Å². The third kappa shape index (κ3) is 2.98. The van der Waals surface area contributed by atoms with E-state index in [9.17, 15) is 18.0 Å². The number of piperidine rings is 1. The molecule has 1 amide bonds. The number of rotatable bonds is 1. The predicted molar refractivity (Wildman–Crippen MR) is 74.2 cm³/mol. The van der Waals surface area contributed by atoms with E-state index in [4.69, 9.17) is 0 Å². The Bertz CT molecular complexity index is 536. The molecule has 0 atom stereocenters. The van der Waals surface area contributed by atoms with Gasteiger partial charge < -0.3 is 4.90 Å². The van der Waals surface area contributed by atoms with E-state index in [1.165, 1.54) is 32.1 Å². The Labute approximate surface area is 127 Å². The Kier molecular flexibility index (Phi) is 3.91. The number of alkyl halides is 3. The van der Waals surface area contributed by atoms with Gasteiger partial charge in [0.25, 0.3) is 5.91 Å². The molecule has 1 saturated carbocycles. The fraction of sp³-hybridized carbons (Fsp3) is 0.733. The molecule has 0 radical (unpaired) electrons. The second-order valence-corrected chi connectivity index (χ2v) is 6.52. The summed E-state index contributed by atoms with van der Waals surface area (Å²) in [6, 6.07) is 0.799. The SMILES string of the molecule is O=C(c1cc(C(F)(F)F)[nH]n1)N1CCC2(CCCCC2)CC1. The van der Waals surface area contributed by atoms with Crippen molar-refractivity contribution in [3.63, 3.8) is 0 Å². The number of carbonyl (C=O) groups excluding carboxylic acids is 1. The minimum Gasteiger partial charge on any atom is -0.337 e. The minimum absolute atomic E-state index is 0.146. The lowest BCUT2D eigenvalue weighted by Gasteiger charge is -2.44. The molecule has 22 heavy (non-hydrogen) atoms. The lowest BCUT2D eigenvalue weighted by atomic mass is 9.68. The number of carbonyl (C=O) groups is 1. The summed E-state index contributed by atoms with van der Waals surface area (Å²) in [7, 11) is 0. The van der Waals surface area contributed by atoms with Gasteiger partial charge >= 0.3 is 6.18 Å². The summed E-state index contributed by atoms with van der Waals surface area (Å²) in [5, 5.41) is 5.43. The topological polar surface area (TPSA) is 49.0 Å². The summed E-state index contributed by atoms with van der Waals surface area (Å²) >= 11 is 0. The molecule has 1 aromatic heterocycles. The van der Waals surface area contributed by atoms with Crippen molar-refractivity contribution in [1.29, 1.82) is 0 Å². The molecule has 1 aliphatic heterocycles. The lowest BCUT2D eigenvalue weighted by molar-refractivity contribution is -0.141. The molecule has 2 heterocycles. The molecule has 2 aliphatic rings. The van der Waals surface area contributed by atoms with Gasteiger partial charge in [-0.3, -0.25) is 9.89 Å². The van der Waals surface area contributed by atoms with Crippen LogP contribution in [0.3, 0.4) is 0 Å². The second-order valence-electron chi connectivity index (χ2n) is 6.52. The quantitative estimate of drug-likeness (QED) is 0.860. The van der Waals surface area contributed by atoms with Crippen LogP contribution in [0.5, 0.6) is 0 Å². The van der Waals surface area contributed by atoms with Crippen molar-refractivity contribution in [2.24, 2.45) is 5.41 Å². The first-order valence-electron chi connectivity index (χ1n) is 7.82. The fourth-order valence-electron chi connectivity index (χ4n) is 3.72. The maximum atomic E-state index is 12.5. The van der Waals surface area contributed by atoms with Crippen molar-refractivity contribution in [1.82, 2.24) is 15.1 Å². The van der Waals surface area contributed by atoms with Gasteiger partial charge in [0.15, 0.2) is 5.69 Å². The van der Waals surface area contributed by atoms with Gasteiger partial charge in [0.2, 0.25) is 0 Å². The summed E-state index contributed by atoms with van der Waals surface area (Å²) in [5.74, 6) is -0.405.